The summed E-state index contributed by atoms with van der Waals surface area (Å²) >= 11 is 6.01. The molecule has 0 aliphatic rings. The summed E-state index contributed by atoms with van der Waals surface area (Å²) in [5.74, 6) is -0.258. The third kappa shape index (κ3) is 7.18. The lowest BCUT2D eigenvalue weighted by Crippen LogP contribution is -2.41. The number of anilines is 1. The fourth-order valence-electron chi connectivity index (χ4n) is 2.64. The lowest BCUT2D eigenvalue weighted by Gasteiger charge is -2.17. The Labute approximate surface area is 186 Å². The molecule has 0 aromatic heterocycles. The Hall–Kier alpha value is -3.26. The molecule has 0 radical (unpaired) electrons. The Balaban J connectivity index is 1.89. The van der Waals surface area contributed by atoms with Crippen LogP contribution in [0.3, 0.4) is 0 Å². The smallest absolute Gasteiger partial charge is 0.251 e. The number of halogens is 1. The van der Waals surface area contributed by atoms with Gasteiger partial charge in [-0.05, 0) is 44.2 Å². The molecule has 0 saturated carbocycles. The minimum Gasteiger partial charge on any atom is -0.490 e. The fourth-order valence-corrected chi connectivity index (χ4v) is 2.82. The number of likely N-dealkylation sites (N-methyl/N-ethyl adjacent to an activating group) is 1. The van der Waals surface area contributed by atoms with E-state index in [9.17, 15) is 14.4 Å². The number of nitrogens with zero attached hydrogens (tertiary/aromatic N) is 1. The van der Waals surface area contributed by atoms with Crippen molar-refractivity contribution in [2.75, 3.05) is 38.7 Å². The molecule has 2 N–H and O–H groups in total. The Kier molecular flexibility index (Phi) is 9.14. The van der Waals surface area contributed by atoms with Crippen molar-refractivity contribution in [3.05, 3.63) is 53.1 Å². The Morgan fingerprint density at radius 3 is 2.35 bits per heavy atom. The van der Waals surface area contributed by atoms with Crippen molar-refractivity contribution in [1.29, 1.82) is 0 Å². The molecule has 0 bridgehead atoms. The van der Waals surface area contributed by atoms with Crippen LogP contribution in [0.25, 0.3) is 0 Å². The number of rotatable bonds is 10. The van der Waals surface area contributed by atoms with Gasteiger partial charge in [-0.2, -0.15) is 0 Å². The predicted octanol–water partition coefficient (Wildman–Crippen LogP) is 2.96. The standard InChI is InChI=1S/C22H26ClN3O5/c1-4-30-18-11-10-15(12-19(18)31-5-2)22(29)24-13-21(28)26(3)14-20(27)25-17-9-7-6-8-16(17)23/h6-12H,4-5,13-14H2,1-3H3,(H,24,29)(H,25,27). The van der Waals surface area contributed by atoms with Gasteiger partial charge in [0.25, 0.3) is 5.91 Å². The van der Waals surface area contributed by atoms with Gasteiger partial charge in [-0.1, -0.05) is 23.7 Å². The molecule has 3 amide bonds. The number of hydrogen-bond donors (Lipinski definition) is 2. The Morgan fingerprint density at radius 1 is 1.00 bits per heavy atom. The molecule has 0 unspecified atom stereocenters. The summed E-state index contributed by atoms with van der Waals surface area (Å²) in [4.78, 5) is 38.1. The van der Waals surface area contributed by atoms with Gasteiger partial charge in [-0.15, -0.1) is 0 Å². The predicted molar refractivity (Wildman–Crippen MR) is 119 cm³/mol. The van der Waals surface area contributed by atoms with Gasteiger partial charge >= 0.3 is 0 Å². The highest BCUT2D eigenvalue weighted by Gasteiger charge is 2.16. The van der Waals surface area contributed by atoms with E-state index in [1.807, 2.05) is 13.8 Å². The molecule has 2 rings (SSSR count). The second-order valence-corrected chi connectivity index (χ2v) is 6.90. The molecule has 31 heavy (non-hydrogen) atoms. The van der Waals surface area contributed by atoms with E-state index in [1.54, 1.807) is 42.5 Å². The van der Waals surface area contributed by atoms with E-state index in [0.717, 1.165) is 0 Å². The number of nitrogens with one attached hydrogen (secondary N) is 2. The SMILES string of the molecule is CCOc1ccc(C(=O)NCC(=O)N(C)CC(=O)Nc2ccccc2Cl)cc1OCC. The maximum atomic E-state index is 12.4. The number of ether oxygens (including phenoxy) is 2. The van der Waals surface area contributed by atoms with Gasteiger partial charge in [0.05, 0.1) is 37.0 Å². The van der Waals surface area contributed by atoms with Gasteiger partial charge in [0.1, 0.15) is 0 Å². The third-order valence-corrected chi connectivity index (χ3v) is 4.49. The van der Waals surface area contributed by atoms with Crippen molar-refractivity contribution in [2.24, 2.45) is 0 Å². The lowest BCUT2D eigenvalue weighted by molar-refractivity contribution is -0.132. The number of para-hydroxylation sites is 1. The summed E-state index contributed by atoms with van der Waals surface area (Å²) in [6.07, 6.45) is 0. The summed E-state index contributed by atoms with van der Waals surface area (Å²) in [5, 5.41) is 5.60. The van der Waals surface area contributed by atoms with Gasteiger partial charge in [0, 0.05) is 12.6 Å². The number of carbonyl (C=O) groups excluding carboxylic acids is 3. The van der Waals surface area contributed by atoms with Crippen molar-refractivity contribution in [3.63, 3.8) is 0 Å². The number of carbonyl (C=O) groups is 3. The number of hydrogen-bond acceptors (Lipinski definition) is 5. The Bertz CT molecular complexity index is 935. The minimum atomic E-state index is -0.439. The van der Waals surface area contributed by atoms with Crippen LogP contribution in [0.15, 0.2) is 42.5 Å². The highest BCUT2D eigenvalue weighted by atomic mass is 35.5. The third-order valence-electron chi connectivity index (χ3n) is 4.16. The van der Waals surface area contributed by atoms with Gasteiger partial charge in [-0.25, -0.2) is 0 Å². The number of amides is 3. The van der Waals surface area contributed by atoms with E-state index in [-0.39, 0.29) is 13.1 Å². The first-order valence-corrected chi connectivity index (χ1v) is 10.2. The lowest BCUT2D eigenvalue weighted by atomic mass is 10.2. The van der Waals surface area contributed by atoms with Gasteiger partial charge in [-0.3, -0.25) is 14.4 Å². The molecule has 8 nitrogen and oxygen atoms in total. The maximum Gasteiger partial charge on any atom is 0.251 e. The summed E-state index contributed by atoms with van der Waals surface area (Å²) in [5.41, 5.74) is 0.794. The topological polar surface area (TPSA) is 97.0 Å². The summed E-state index contributed by atoms with van der Waals surface area (Å²) < 4.78 is 11.0. The summed E-state index contributed by atoms with van der Waals surface area (Å²) in [6, 6.07) is 11.6. The largest absolute Gasteiger partial charge is 0.490 e. The molecular weight excluding hydrogens is 422 g/mol. The zero-order valence-corrected chi connectivity index (χ0v) is 18.5. The van der Waals surface area contributed by atoms with Gasteiger partial charge < -0.3 is 25.0 Å². The van der Waals surface area contributed by atoms with E-state index in [0.29, 0.717) is 41.0 Å². The van der Waals surface area contributed by atoms with Crippen molar-refractivity contribution in [3.8, 4) is 11.5 Å². The normalized spacial score (nSPS) is 10.2. The molecule has 0 fully saturated rings. The highest BCUT2D eigenvalue weighted by Crippen LogP contribution is 2.28. The monoisotopic (exact) mass is 447 g/mol. The van der Waals surface area contributed by atoms with E-state index < -0.39 is 17.7 Å². The molecule has 0 aliphatic heterocycles. The first-order chi connectivity index (χ1) is 14.8. The van der Waals surface area contributed by atoms with Crippen LogP contribution in [0.5, 0.6) is 11.5 Å². The average molecular weight is 448 g/mol. The first kappa shape index (κ1) is 24.0. The van der Waals surface area contributed by atoms with E-state index in [4.69, 9.17) is 21.1 Å². The molecular formula is C22H26ClN3O5. The average Bonchev–Trinajstić information content (AvgIpc) is 2.74. The van der Waals surface area contributed by atoms with Crippen LogP contribution in [0, 0.1) is 0 Å². The summed E-state index contributed by atoms with van der Waals surface area (Å²) in [7, 11) is 1.48. The van der Waals surface area contributed by atoms with Crippen LogP contribution >= 0.6 is 11.6 Å². The van der Waals surface area contributed by atoms with Crippen molar-refractivity contribution >= 4 is 35.0 Å². The quantitative estimate of drug-likeness (QED) is 0.583. The van der Waals surface area contributed by atoms with Crippen molar-refractivity contribution < 1.29 is 23.9 Å². The second kappa shape index (κ2) is 11.8. The second-order valence-electron chi connectivity index (χ2n) is 6.49. The fraction of sp³-hybridized carbons (Fsp3) is 0.318. The van der Waals surface area contributed by atoms with E-state index in [1.165, 1.54) is 11.9 Å². The maximum absolute atomic E-state index is 12.4. The summed E-state index contributed by atoms with van der Waals surface area (Å²) in [6.45, 7) is 4.14. The van der Waals surface area contributed by atoms with Crippen LogP contribution < -0.4 is 20.1 Å². The molecule has 0 heterocycles. The van der Waals surface area contributed by atoms with Crippen LogP contribution in [-0.4, -0.2) is 56.0 Å². The zero-order chi connectivity index (χ0) is 22.8. The molecule has 9 heteroatoms. The highest BCUT2D eigenvalue weighted by molar-refractivity contribution is 6.33. The number of benzene rings is 2. The molecule has 0 atom stereocenters. The van der Waals surface area contributed by atoms with E-state index >= 15 is 0 Å². The molecule has 166 valence electrons. The molecule has 0 saturated heterocycles. The van der Waals surface area contributed by atoms with Crippen molar-refractivity contribution in [1.82, 2.24) is 10.2 Å². The minimum absolute atomic E-state index is 0.183. The molecule has 2 aromatic rings. The molecule has 0 spiro atoms. The van der Waals surface area contributed by atoms with Crippen LogP contribution in [-0.2, 0) is 9.59 Å². The molecule has 0 aliphatic carbocycles. The zero-order valence-electron chi connectivity index (χ0n) is 17.7. The van der Waals surface area contributed by atoms with Crippen LogP contribution in [0.1, 0.15) is 24.2 Å². The van der Waals surface area contributed by atoms with Crippen molar-refractivity contribution in [2.45, 2.75) is 13.8 Å². The van der Waals surface area contributed by atoms with Gasteiger partial charge in [0.15, 0.2) is 11.5 Å². The van der Waals surface area contributed by atoms with Crippen LogP contribution in [0.4, 0.5) is 5.69 Å². The van der Waals surface area contributed by atoms with Gasteiger partial charge in [0.2, 0.25) is 11.8 Å². The molecule has 2 aromatic carbocycles. The first-order valence-electron chi connectivity index (χ1n) is 9.81. The van der Waals surface area contributed by atoms with E-state index in [2.05, 4.69) is 10.6 Å². The van der Waals surface area contributed by atoms with Crippen LogP contribution in [0.2, 0.25) is 5.02 Å². The Morgan fingerprint density at radius 2 is 1.68 bits per heavy atom.